The van der Waals surface area contributed by atoms with Gasteiger partial charge in [-0.2, -0.15) is 0 Å². The quantitative estimate of drug-likeness (QED) is 0.495. The first-order valence-corrected chi connectivity index (χ1v) is 7.62. The van der Waals surface area contributed by atoms with E-state index in [1.807, 2.05) is 24.4 Å². The zero-order valence-electron chi connectivity index (χ0n) is 11.4. The van der Waals surface area contributed by atoms with Gasteiger partial charge < -0.3 is 0 Å². The van der Waals surface area contributed by atoms with Gasteiger partial charge in [0, 0.05) is 23.1 Å². The van der Waals surface area contributed by atoms with Crippen LogP contribution in [0, 0.1) is 0 Å². The van der Waals surface area contributed by atoms with Gasteiger partial charge in [-0.1, -0.05) is 70.2 Å². The van der Waals surface area contributed by atoms with Crippen molar-refractivity contribution in [3.63, 3.8) is 0 Å². The van der Waals surface area contributed by atoms with Gasteiger partial charge in [-0.25, -0.2) is 4.40 Å². The van der Waals surface area contributed by atoms with Gasteiger partial charge in [0.2, 0.25) is 0 Å². The van der Waals surface area contributed by atoms with Crippen molar-refractivity contribution in [1.82, 2.24) is 0 Å². The number of rotatable bonds is 4. The SMILES string of the molecule is C1=Cc2ccccc2SN=C1.CCCCCCC. The maximum Gasteiger partial charge on any atom is 0.0377 e. The van der Waals surface area contributed by atoms with E-state index >= 15 is 0 Å². The molecule has 1 nitrogen and oxygen atoms in total. The maximum atomic E-state index is 4.12. The summed E-state index contributed by atoms with van der Waals surface area (Å²) in [5.74, 6) is 0. The van der Waals surface area contributed by atoms with Crippen LogP contribution in [0.5, 0.6) is 0 Å². The summed E-state index contributed by atoms with van der Waals surface area (Å²) >= 11 is 1.52. The fourth-order valence-electron chi connectivity index (χ4n) is 1.65. The molecule has 0 N–H and O–H groups in total. The van der Waals surface area contributed by atoms with E-state index in [1.165, 1.54) is 54.5 Å². The molecule has 1 aliphatic heterocycles. The van der Waals surface area contributed by atoms with Crippen LogP contribution in [-0.4, -0.2) is 6.21 Å². The van der Waals surface area contributed by atoms with Crippen molar-refractivity contribution in [2.45, 2.75) is 50.8 Å². The van der Waals surface area contributed by atoms with Crippen LogP contribution < -0.4 is 0 Å². The molecule has 2 rings (SSSR count). The minimum Gasteiger partial charge on any atom is -0.219 e. The third-order valence-corrected chi connectivity index (χ3v) is 3.50. The monoisotopic (exact) mass is 261 g/mol. The van der Waals surface area contributed by atoms with Gasteiger partial charge in [-0.05, 0) is 17.7 Å². The molecule has 0 amide bonds. The lowest BCUT2D eigenvalue weighted by molar-refractivity contribution is 0.656. The van der Waals surface area contributed by atoms with E-state index in [-0.39, 0.29) is 0 Å². The van der Waals surface area contributed by atoms with Crippen LogP contribution in [0.3, 0.4) is 0 Å². The third kappa shape index (κ3) is 6.06. The van der Waals surface area contributed by atoms with E-state index < -0.39 is 0 Å². The van der Waals surface area contributed by atoms with Crippen molar-refractivity contribution < 1.29 is 0 Å². The van der Waals surface area contributed by atoms with Crippen molar-refractivity contribution in [2.24, 2.45) is 4.40 Å². The highest BCUT2D eigenvalue weighted by molar-refractivity contribution is 7.98. The Kier molecular flexibility index (Phi) is 8.32. The van der Waals surface area contributed by atoms with Gasteiger partial charge in [-0.3, -0.25) is 0 Å². The Bertz CT molecular complexity index is 378. The normalized spacial score (nSPS) is 12.3. The van der Waals surface area contributed by atoms with Crippen LogP contribution in [0.15, 0.2) is 39.6 Å². The molecule has 0 saturated heterocycles. The second kappa shape index (κ2) is 9.95. The molecule has 0 aliphatic carbocycles. The molecular weight excluding hydrogens is 238 g/mol. The summed E-state index contributed by atoms with van der Waals surface area (Å²) in [6.07, 6.45) is 12.8. The minimum absolute atomic E-state index is 1.22. The molecule has 0 radical (unpaired) electrons. The Morgan fingerprint density at radius 1 is 1.00 bits per heavy atom. The fourth-order valence-corrected chi connectivity index (χ4v) is 2.27. The highest BCUT2D eigenvalue weighted by Gasteiger charge is 1.98. The van der Waals surface area contributed by atoms with E-state index in [2.05, 4.69) is 36.5 Å². The first-order valence-electron chi connectivity index (χ1n) is 6.84. The predicted octanol–water partition coefficient (Wildman–Crippen LogP) is 5.77. The van der Waals surface area contributed by atoms with E-state index in [0.717, 1.165) is 0 Å². The van der Waals surface area contributed by atoms with Gasteiger partial charge in [0.25, 0.3) is 0 Å². The number of benzene rings is 1. The van der Waals surface area contributed by atoms with Crippen LogP contribution in [0.25, 0.3) is 6.08 Å². The van der Waals surface area contributed by atoms with Crippen molar-refractivity contribution >= 4 is 24.2 Å². The Balaban J connectivity index is 0.000000203. The Hall–Kier alpha value is -1.02. The van der Waals surface area contributed by atoms with Crippen LogP contribution in [-0.2, 0) is 0 Å². The number of hydrogen-bond acceptors (Lipinski definition) is 2. The van der Waals surface area contributed by atoms with Gasteiger partial charge in [0.05, 0.1) is 0 Å². The fraction of sp³-hybridized carbons (Fsp3) is 0.438. The average Bonchev–Trinajstić information content (AvgIpc) is 2.65. The van der Waals surface area contributed by atoms with Crippen molar-refractivity contribution in [3.05, 3.63) is 35.9 Å². The number of allylic oxidation sites excluding steroid dienone is 1. The lowest BCUT2D eigenvalue weighted by Gasteiger charge is -1.97. The summed E-state index contributed by atoms with van der Waals surface area (Å²) < 4.78 is 4.12. The molecule has 98 valence electrons. The van der Waals surface area contributed by atoms with Crippen LogP contribution >= 0.6 is 11.9 Å². The van der Waals surface area contributed by atoms with Crippen molar-refractivity contribution in [3.8, 4) is 0 Å². The lowest BCUT2D eigenvalue weighted by atomic mass is 10.2. The molecule has 0 unspecified atom stereocenters. The topological polar surface area (TPSA) is 12.4 Å². The average molecular weight is 261 g/mol. The van der Waals surface area contributed by atoms with Crippen LogP contribution in [0.1, 0.15) is 51.5 Å². The molecule has 1 heterocycles. The standard InChI is InChI=1S/C9H7NS.C7H16/c1-2-6-9-8(4-1)5-3-7-10-11-9;1-3-5-7-6-4-2/h1-7H;3-7H2,1-2H3. The molecule has 18 heavy (non-hydrogen) atoms. The molecule has 0 aromatic heterocycles. The summed E-state index contributed by atoms with van der Waals surface area (Å²) in [5, 5.41) is 0. The summed E-state index contributed by atoms with van der Waals surface area (Å²) in [7, 11) is 0. The molecule has 1 aliphatic rings. The van der Waals surface area contributed by atoms with E-state index in [0.29, 0.717) is 0 Å². The van der Waals surface area contributed by atoms with E-state index in [9.17, 15) is 0 Å². The molecule has 2 heteroatoms. The van der Waals surface area contributed by atoms with Gasteiger partial charge in [-0.15, -0.1) is 0 Å². The summed E-state index contributed by atoms with van der Waals surface area (Å²) in [4.78, 5) is 1.22. The second-order valence-corrected chi connectivity index (χ2v) is 5.14. The largest absolute Gasteiger partial charge is 0.219 e. The van der Waals surface area contributed by atoms with Crippen molar-refractivity contribution in [1.29, 1.82) is 0 Å². The Labute approximate surface area is 116 Å². The Morgan fingerprint density at radius 2 is 1.72 bits per heavy atom. The number of unbranched alkanes of at least 4 members (excludes halogenated alkanes) is 4. The van der Waals surface area contributed by atoms with Crippen molar-refractivity contribution in [2.75, 3.05) is 0 Å². The molecule has 1 aromatic carbocycles. The molecule has 0 atom stereocenters. The third-order valence-electron chi connectivity index (χ3n) is 2.70. The van der Waals surface area contributed by atoms with E-state index in [1.54, 1.807) is 0 Å². The summed E-state index contributed by atoms with van der Waals surface area (Å²) in [6.45, 7) is 4.49. The lowest BCUT2D eigenvalue weighted by Crippen LogP contribution is -1.73. The molecule has 0 saturated carbocycles. The second-order valence-electron chi connectivity index (χ2n) is 4.30. The van der Waals surface area contributed by atoms with E-state index in [4.69, 9.17) is 0 Å². The molecule has 0 fully saturated rings. The molecule has 1 aromatic rings. The Morgan fingerprint density at radius 3 is 2.44 bits per heavy atom. The number of hydrogen-bond donors (Lipinski definition) is 0. The molecule has 0 spiro atoms. The van der Waals surface area contributed by atoms with Crippen LogP contribution in [0.2, 0.25) is 0 Å². The minimum atomic E-state index is 1.22. The first kappa shape index (κ1) is 15.0. The predicted molar refractivity (Wildman–Crippen MR) is 84.3 cm³/mol. The summed E-state index contributed by atoms with van der Waals surface area (Å²) in [5.41, 5.74) is 1.25. The highest BCUT2D eigenvalue weighted by Crippen LogP contribution is 2.25. The molecule has 0 bridgehead atoms. The van der Waals surface area contributed by atoms with Gasteiger partial charge in [0.1, 0.15) is 0 Å². The van der Waals surface area contributed by atoms with Gasteiger partial charge in [0.15, 0.2) is 0 Å². The summed E-state index contributed by atoms with van der Waals surface area (Å²) in [6, 6.07) is 8.23. The number of fused-ring (bicyclic) bond motifs is 1. The highest BCUT2D eigenvalue weighted by atomic mass is 32.2. The molecular formula is C16H23NS. The smallest absolute Gasteiger partial charge is 0.0377 e. The maximum absolute atomic E-state index is 4.12. The zero-order valence-corrected chi connectivity index (χ0v) is 12.2. The van der Waals surface area contributed by atoms with Gasteiger partial charge >= 0.3 is 0 Å². The number of nitrogens with zero attached hydrogens (tertiary/aromatic N) is 1. The first-order chi connectivity index (χ1) is 8.88. The van der Waals surface area contributed by atoms with Crippen LogP contribution in [0.4, 0.5) is 0 Å². The zero-order chi connectivity index (χ0) is 13.1.